The number of nitrogens with zero attached hydrogens (tertiary/aromatic N) is 1. The van der Waals surface area contributed by atoms with Crippen molar-refractivity contribution in [1.29, 1.82) is 0 Å². The normalized spacial score (nSPS) is 18.9. The van der Waals surface area contributed by atoms with Crippen LogP contribution in [0.15, 0.2) is 0 Å². The van der Waals surface area contributed by atoms with Crippen molar-refractivity contribution < 1.29 is 4.74 Å². The zero-order chi connectivity index (χ0) is 8.10. The minimum absolute atomic E-state index is 0. The highest BCUT2D eigenvalue weighted by atomic mass is 35.5. The summed E-state index contributed by atoms with van der Waals surface area (Å²) in [5.41, 5.74) is 5.77. The van der Waals surface area contributed by atoms with E-state index >= 15 is 0 Å². The first-order chi connectivity index (χ1) is 5.33. The molecule has 1 fully saturated rings. The van der Waals surface area contributed by atoms with E-state index in [1.807, 2.05) is 0 Å². The molecule has 0 aromatic rings. The lowest BCUT2D eigenvalue weighted by atomic mass is 10.1. The van der Waals surface area contributed by atoms with Crippen molar-refractivity contribution in [1.82, 2.24) is 4.90 Å². The largest absolute Gasteiger partial charge is 0.383 e. The Labute approximate surface area is 92.8 Å². The Morgan fingerprint density at radius 1 is 1.31 bits per heavy atom. The summed E-state index contributed by atoms with van der Waals surface area (Å²) in [5, 5.41) is 0. The maximum Gasteiger partial charge on any atom is 0.0589 e. The maximum atomic E-state index is 5.77. The SMILES string of the molecule is COCCN1CCC(N)CC1.Cl.Cl. The second-order valence-electron chi connectivity index (χ2n) is 3.17. The highest BCUT2D eigenvalue weighted by Gasteiger charge is 2.14. The van der Waals surface area contributed by atoms with E-state index < -0.39 is 0 Å². The van der Waals surface area contributed by atoms with E-state index in [1.165, 1.54) is 0 Å². The van der Waals surface area contributed by atoms with Gasteiger partial charge in [-0.3, -0.25) is 0 Å². The fraction of sp³-hybridized carbons (Fsp3) is 1.00. The topological polar surface area (TPSA) is 38.5 Å². The van der Waals surface area contributed by atoms with Gasteiger partial charge in [0, 0.05) is 19.7 Å². The zero-order valence-corrected chi connectivity index (χ0v) is 9.70. The molecule has 1 aliphatic rings. The highest BCUT2D eigenvalue weighted by Crippen LogP contribution is 2.06. The Balaban J connectivity index is 0. The Kier molecular flexibility index (Phi) is 11.1. The molecule has 1 rings (SSSR count). The third kappa shape index (κ3) is 6.52. The van der Waals surface area contributed by atoms with E-state index in [2.05, 4.69) is 4.90 Å². The van der Waals surface area contributed by atoms with Crippen LogP contribution in [0.2, 0.25) is 0 Å². The van der Waals surface area contributed by atoms with Gasteiger partial charge in [-0.1, -0.05) is 0 Å². The van der Waals surface area contributed by atoms with Crippen LogP contribution in [0.5, 0.6) is 0 Å². The number of methoxy groups -OCH3 is 1. The lowest BCUT2D eigenvalue weighted by Gasteiger charge is -2.29. The van der Waals surface area contributed by atoms with Crippen molar-refractivity contribution in [2.45, 2.75) is 18.9 Å². The van der Waals surface area contributed by atoms with Crippen molar-refractivity contribution in [2.75, 3.05) is 33.4 Å². The fourth-order valence-corrected chi connectivity index (χ4v) is 1.40. The molecule has 0 spiro atoms. The number of likely N-dealkylation sites (tertiary alicyclic amines) is 1. The van der Waals surface area contributed by atoms with Crippen LogP contribution in [0, 0.1) is 0 Å². The summed E-state index contributed by atoms with van der Waals surface area (Å²) < 4.78 is 5.00. The number of piperidine rings is 1. The van der Waals surface area contributed by atoms with Crippen LogP contribution in [0.3, 0.4) is 0 Å². The summed E-state index contributed by atoms with van der Waals surface area (Å²) >= 11 is 0. The lowest BCUT2D eigenvalue weighted by molar-refractivity contribution is 0.130. The summed E-state index contributed by atoms with van der Waals surface area (Å²) in [5.74, 6) is 0. The van der Waals surface area contributed by atoms with Gasteiger partial charge in [0.05, 0.1) is 6.61 Å². The second-order valence-corrected chi connectivity index (χ2v) is 3.17. The molecule has 0 radical (unpaired) electrons. The Hall–Kier alpha value is 0.460. The minimum Gasteiger partial charge on any atom is -0.383 e. The van der Waals surface area contributed by atoms with Crippen LogP contribution in [-0.4, -0.2) is 44.3 Å². The van der Waals surface area contributed by atoms with Gasteiger partial charge in [0.15, 0.2) is 0 Å². The molecule has 0 aromatic heterocycles. The summed E-state index contributed by atoms with van der Waals surface area (Å²) in [6.45, 7) is 4.19. The molecule has 1 heterocycles. The average Bonchev–Trinajstić information content (AvgIpc) is 2.04. The van der Waals surface area contributed by atoms with Crippen LogP contribution in [0.25, 0.3) is 0 Å². The first kappa shape index (κ1) is 15.9. The van der Waals surface area contributed by atoms with Gasteiger partial charge in [-0.25, -0.2) is 0 Å². The summed E-state index contributed by atoms with van der Waals surface area (Å²) in [6.07, 6.45) is 2.29. The van der Waals surface area contributed by atoms with Gasteiger partial charge < -0.3 is 15.4 Å². The second kappa shape index (κ2) is 9.03. The van der Waals surface area contributed by atoms with E-state index in [-0.39, 0.29) is 24.8 Å². The summed E-state index contributed by atoms with van der Waals surface area (Å²) in [7, 11) is 1.75. The Bertz CT molecular complexity index is 106. The standard InChI is InChI=1S/C8H18N2O.2ClH/c1-11-7-6-10-4-2-8(9)3-5-10;;/h8H,2-7,9H2,1H3;2*1H. The Morgan fingerprint density at radius 3 is 2.31 bits per heavy atom. The van der Waals surface area contributed by atoms with Crippen molar-refractivity contribution in [2.24, 2.45) is 5.73 Å². The predicted molar refractivity (Wildman–Crippen MR) is 60.0 cm³/mol. The number of halogens is 2. The lowest BCUT2D eigenvalue weighted by Crippen LogP contribution is -2.40. The molecule has 13 heavy (non-hydrogen) atoms. The molecule has 0 bridgehead atoms. The first-order valence-corrected chi connectivity index (χ1v) is 4.30. The third-order valence-corrected chi connectivity index (χ3v) is 2.24. The van der Waals surface area contributed by atoms with Gasteiger partial charge in [-0.2, -0.15) is 0 Å². The Morgan fingerprint density at radius 2 is 1.85 bits per heavy atom. The quantitative estimate of drug-likeness (QED) is 0.784. The molecule has 0 unspecified atom stereocenters. The first-order valence-electron chi connectivity index (χ1n) is 4.30. The molecular weight excluding hydrogens is 211 g/mol. The van der Waals surface area contributed by atoms with Gasteiger partial charge in [-0.15, -0.1) is 24.8 Å². The molecule has 3 nitrogen and oxygen atoms in total. The molecule has 5 heteroatoms. The maximum absolute atomic E-state index is 5.77. The molecule has 0 atom stereocenters. The molecule has 1 aliphatic heterocycles. The smallest absolute Gasteiger partial charge is 0.0589 e. The van der Waals surface area contributed by atoms with Crippen LogP contribution in [0.4, 0.5) is 0 Å². The molecule has 0 saturated carbocycles. The number of ether oxygens (including phenoxy) is 1. The van der Waals surface area contributed by atoms with Gasteiger partial charge in [-0.05, 0) is 25.9 Å². The van der Waals surface area contributed by atoms with Gasteiger partial charge in [0.1, 0.15) is 0 Å². The zero-order valence-electron chi connectivity index (χ0n) is 8.07. The minimum atomic E-state index is 0. The van der Waals surface area contributed by atoms with Crippen LogP contribution in [0.1, 0.15) is 12.8 Å². The molecule has 1 saturated heterocycles. The van der Waals surface area contributed by atoms with E-state index in [0.29, 0.717) is 6.04 Å². The molecule has 2 N–H and O–H groups in total. The van der Waals surface area contributed by atoms with Crippen LogP contribution >= 0.6 is 24.8 Å². The van der Waals surface area contributed by atoms with Gasteiger partial charge in [0.2, 0.25) is 0 Å². The van der Waals surface area contributed by atoms with E-state index in [4.69, 9.17) is 10.5 Å². The van der Waals surface area contributed by atoms with E-state index in [9.17, 15) is 0 Å². The van der Waals surface area contributed by atoms with Crippen molar-refractivity contribution in [3.8, 4) is 0 Å². The number of rotatable bonds is 3. The molecule has 82 valence electrons. The molecule has 0 amide bonds. The van der Waals surface area contributed by atoms with Crippen molar-refractivity contribution in [3.05, 3.63) is 0 Å². The van der Waals surface area contributed by atoms with Gasteiger partial charge in [0.25, 0.3) is 0 Å². The van der Waals surface area contributed by atoms with E-state index in [0.717, 1.165) is 39.1 Å². The number of hydrogen-bond donors (Lipinski definition) is 1. The highest BCUT2D eigenvalue weighted by molar-refractivity contribution is 5.85. The van der Waals surface area contributed by atoms with Crippen molar-refractivity contribution in [3.63, 3.8) is 0 Å². The molecular formula is C8H20Cl2N2O. The van der Waals surface area contributed by atoms with Crippen LogP contribution < -0.4 is 5.73 Å². The summed E-state index contributed by atoms with van der Waals surface area (Å²) in [4.78, 5) is 2.41. The van der Waals surface area contributed by atoms with E-state index in [1.54, 1.807) is 7.11 Å². The molecule has 0 aromatic carbocycles. The van der Waals surface area contributed by atoms with Crippen LogP contribution in [-0.2, 0) is 4.74 Å². The predicted octanol–water partition coefficient (Wildman–Crippen LogP) is 0.899. The average molecular weight is 231 g/mol. The number of hydrogen-bond acceptors (Lipinski definition) is 3. The fourth-order valence-electron chi connectivity index (χ4n) is 1.40. The van der Waals surface area contributed by atoms with Gasteiger partial charge >= 0.3 is 0 Å². The summed E-state index contributed by atoms with van der Waals surface area (Å²) in [6, 6.07) is 0.439. The third-order valence-electron chi connectivity index (χ3n) is 2.24. The monoisotopic (exact) mass is 230 g/mol. The number of nitrogens with two attached hydrogens (primary N) is 1. The molecule has 0 aliphatic carbocycles. The van der Waals surface area contributed by atoms with Crippen molar-refractivity contribution >= 4 is 24.8 Å².